The summed E-state index contributed by atoms with van der Waals surface area (Å²) in [7, 11) is 1.69. The van der Waals surface area contributed by atoms with Gasteiger partial charge in [-0.3, -0.25) is 0 Å². The maximum absolute atomic E-state index is 12.6. The topological polar surface area (TPSA) is 60.6 Å². The lowest BCUT2D eigenvalue weighted by molar-refractivity contribution is -0.120. The van der Waals surface area contributed by atoms with Crippen LogP contribution in [0.2, 0.25) is 0 Å². The Morgan fingerprint density at radius 1 is 1.29 bits per heavy atom. The molecule has 0 N–H and O–H groups in total. The quantitative estimate of drug-likeness (QED) is 0.421. The fourth-order valence-electron chi connectivity index (χ4n) is 4.85. The van der Waals surface area contributed by atoms with Crippen LogP contribution in [0.4, 0.5) is 0 Å². The van der Waals surface area contributed by atoms with Crippen molar-refractivity contribution >= 4 is 5.97 Å². The molecule has 1 aliphatic carbocycles. The number of benzene rings is 1. The lowest BCUT2D eigenvalue weighted by atomic mass is 9.68. The van der Waals surface area contributed by atoms with E-state index in [-0.39, 0.29) is 41.4 Å². The zero-order valence-corrected chi connectivity index (χ0v) is 17.1. The molecule has 28 heavy (non-hydrogen) atoms. The number of allylic oxidation sites excluding steroid dienone is 1. The first kappa shape index (κ1) is 19.6. The fourth-order valence-corrected chi connectivity index (χ4v) is 4.85. The van der Waals surface area contributed by atoms with Crippen molar-refractivity contribution in [3.05, 3.63) is 47.5 Å². The molecule has 5 heteroatoms. The van der Waals surface area contributed by atoms with Crippen molar-refractivity contribution < 1.29 is 23.7 Å². The summed E-state index contributed by atoms with van der Waals surface area (Å²) in [6.07, 6.45) is 4.30. The molecule has 2 heterocycles. The van der Waals surface area contributed by atoms with Crippen LogP contribution in [0.1, 0.15) is 50.4 Å². The Morgan fingerprint density at radius 2 is 2.00 bits per heavy atom. The Balaban J connectivity index is 1.52. The van der Waals surface area contributed by atoms with Gasteiger partial charge in [-0.25, -0.2) is 4.79 Å². The Bertz CT molecular complexity index is 750. The largest absolute Gasteiger partial charge is 0.456 e. The molecule has 4 rings (SSSR count). The maximum atomic E-state index is 12.6. The predicted molar refractivity (Wildman–Crippen MR) is 105 cm³/mol. The number of rotatable bonds is 6. The van der Waals surface area contributed by atoms with E-state index in [0.717, 1.165) is 25.9 Å². The van der Waals surface area contributed by atoms with Gasteiger partial charge in [0.05, 0.1) is 24.2 Å². The second-order valence-corrected chi connectivity index (χ2v) is 8.69. The first-order valence-electron chi connectivity index (χ1n) is 10.1. The van der Waals surface area contributed by atoms with Crippen LogP contribution in [0.15, 0.2) is 42.0 Å². The van der Waals surface area contributed by atoms with Gasteiger partial charge < -0.3 is 18.9 Å². The summed E-state index contributed by atoms with van der Waals surface area (Å²) in [6, 6.07) is 9.12. The third kappa shape index (κ3) is 3.51. The molecule has 0 amide bonds. The Labute approximate surface area is 167 Å². The van der Waals surface area contributed by atoms with Crippen LogP contribution in [0.3, 0.4) is 0 Å². The molecule has 3 aliphatic rings. The Morgan fingerprint density at radius 3 is 2.61 bits per heavy atom. The summed E-state index contributed by atoms with van der Waals surface area (Å²) in [5.41, 5.74) is 1.33. The van der Waals surface area contributed by atoms with E-state index in [1.165, 1.54) is 5.57 Å². The predicted octanol–water partition coefficient (Wildman–Crippen LogP) is 3.92. The van der Waals surface area contributed by atoms with E-state index < -0.39 is 0 Å². The molecule has 0 bridgehead atoms. The van der Waals surface area contributed by atoms with Crippen molar-refractivity contribution in [2.75, 3.05) is 13.7 Å². The van der Waals surface area contributed by atoms with Crippen LogP contribution in [0.25, 0.3) is 0 Å². The number of epoxide rings is 2. The molecule has 0 aromatic heterocycles. The SMILES string of the molecule is COC1C(OC(=O)c2ccccc2)CCC2(CO2)C1C1(C)OC1CC=C(C)C. The first-order chi connectivity index (χ1) is 13.4. The molecule has 0 radical (unpaired) electrons. The molecule has 1 saturated carbocycles. The van der Waals surface area contributed by atoms with E-state index in [4.69, 9.17) is 18.9 Å². The summed E-state index contributed by atoms with van der Waals surface area (Å²) in [4.78, 5) is 12.6. The highest BCUT2D eigenvalue weighted by atomic mass is 16.6. The Hall–Kier alpha value is -1.69. The number of hydrogen-bond acceptors (Lipinski definition) is 5. The summed E-state index contributed by atoms with van der Waals surface area (Å²) >= 11 is 0. The molecule has 2 saturated heterocycles. The highest BCUT2D eigenvalue weighted by Crippen LogP contribution is 2.59. The van der Waals surface area contributed by atoms with E-state index >= 15 is 0 Å². The van der Waals surface area contributed by atoms with E-state index in [1.54, 1.807) is 19.2 Å². The number of ether oxygens (including phenoxy) is 4. The van der Waals surface area contributed by atoms with Crippen molar-refractivity contribution in [3.8, 4) is 0 Å². The zero-order valence-electron chi connectivity index (χ0n) is 17.1. The van der Waals surface area contributed by atoms with Crippen LogP contribution in [-0.2, 0) is 18.9 Å². The van der Waals surface area contributed by atoms with Crippen molar-refractivity contribution in [3.63, 3.8) is 0 Å². The van der Waals surface area contributed by atoms with Gasteiger partial charge in [0.1, 0.15) is 23.4 Å². The van der Waals surface area contributed by atoms with Crippen molar-refractivity contribution in [1.82, 2.24) is 0 Å². The minimum atomic E-state index is -0.319. The van der Waals surface area contributed by atoms with E-state index in [9.17, 15) is 4.79 Å². The highest BCUT2D eigenvalue weighted by Gasteiger charge is 2.72. The summed E-state index contributed by atoms with van der Waals surface area (Å²) in [5.74, 6) is -0.259. The highest BCUT2D eigenvalue weighted by molar-refractivity contribution is 5.89. The van der Waals surface area contributed by atoms with Crippen molar-refractivity contribution in [1.29, 1.82) is 0 Å². The van der Waals surface area contributed by atoms with Gasteiger partial charge >= 0.3 is 5.97 Å². The van der Waals surface area contributed by atoms with E-state index in [2.05, 4.69) is 26.8 Å². The first-order valence-corrected chi connectivity index (χ1v) is 10.1. The molecule has 3 fully saturated rings. The number of methoxy groups -OCH3 is 1. The lowest BCUT2D eigenvalue weighted by Crippen LogP contribution is -2.55. The molecular weight excluding hydrogens is 356 g/mol. The van der Waals surface area contributed by atoms with Gasteiger partial charge in [-0.05, 0) is 52.2 Å². The van der Waals surface area contributed by atoms with E-state index in [1.807, 2.05) is 18.2 Å². The normalized spacial score (nSPS) is 38.7. The second kappa shape index (κ2) is 7.29. The van der Waals surface area contributed by atoms with Crippen LogP contribution >= 0.6 is 0 Å². The van der Waals surface area contributed by atoms with Crippen molar-refractivity contribution in [2.45, 2.75) is 69.5 Å². The Kier molecular flexibility index (Phi) is 5.10. The molecule has 1 spiro atoms. The van der Waals surface area contributed by atoms with Gasteiger partial charge in [-0.15, -0.1) is 0 Å². The van der Waals surface area contributed by atoms with Gasteiger partial charge in [0.2, 0.25) is 0 Å². The van der Waals surface area contributed by atoms with Crippen LogP contribution < -0.4 is 0 Å². The molecule has 152 valence electrons. The molecule has 1 aromatic carbocycles. The molecule has 5 nitrogen and oxygen atoms in total. The molecule has 6 atom stereocenters. The third-order valence-electron chi connectivity index (χ3n) is 6.50. The monoisotopic (exact) mass is 386 g/mol. The third-order valence-corrected chi connectivity index (χ3v) is 6.50. The van der Waals surface area contributed by atoms with Gasteiger partial charge in [0.15, 0.2) is 0 Å². The fraction of sp³-hybridized carbons (Fsp3) is 0.609. The molecule has 6 unspecified atom stereocenters. The summed E-state index contributed by atoms with van der Waals surface area (Å²) in [6.45, 7) is 7.08. The molecular formula is C23H30O5. The minimum Gasteiger partial charge on any atom is -0.456 e. The average Bonchev–Trinajstić information content (AvgIpc) is 3.60. The number of esters is 1. The van der Waals surface area contributed by atoms with E-state index in [0.29, 0.717) is 5.56 Å². The average molecular weight is 386 g/mol. The summed E-state index contributed by atoms with van der Waals surface area (Å²) in [5, 5.41) is 0. The van der Waals surface area contributed by atoms with Crippen molar-refractivity contribution in [2.24, 2.45) is 5.92 Å². The van der Waals surface area contributed by atoms with Gasteiger partial charge in [0.25, 0.3) is 0 Å². The zero-order chi connectivity index (χ0) is 19.9. The molecule has 2 aliphatic heterocycles. The molecule has 1 aromatic rings. The standard InChI is InChI=1S/C23H30O5/c1-15(2)10-11-18-22(3,28-18)20-19(25-4)17(12-13-23(20)14-26-23)27-21(24)16-8-6-5-7-9-16/h5-10,17-20H,11-14H2,1-4H3. The lowest BCUT2D eigenvalue weighted by Gasteiger charge is -2.42. The minimum absolute atomic E-state index is 0.0443. The van der Waals surface area contributed by atoms with Gasteiger partial charge in [0, 0.05) is 7.11 Å². The number of carbonyl (C=O) groups excluding carboxylic acids is 1. The maximum Gasteiger partial charge on any atom is 0.338 e. The van der Waals surface area contributed by atoms with Crippen LogP contribution in [0, 0.1) is 5.92 Å². The number of hydrogen-bond donors (Lipinski definition) is 0. The second-order valence-electron chi connectivity index (χ2n) is 8.69. The van der Waals surface area contributed by atoms with Gasteiger partial charge in [-0.1, -0.05) is 29.8 Å². The van der Waals surface area contributed by atoms with Crippen LogP contribution in [0.5, 0.6) is 0 Å². The van der Waals surface area contributed by atoms with Gasteiger partial charge in [-0.2, -0.15) is 0 Å². The smallest absolute Gasteiger partial charge is 0.338 e. The van der Waals surface area contributed by atoms with Crippen LogP contribution in [-0.4, -0.2) is 49.2 Å². The number of carbonyl (C=O) groups is 1. The summed E-state index contributed by atoms with van der Waals surface area (Å²) < 4.78 is 24.0.